The van der Waals surface area contributed by atoms with E-state index in [0.717, 1.165) is 12.8 Å². The van der Waals surface area contributed by atoms with Crippen LogP contribution in [0.25, 0.3) is 0 Å². The Bertz CT molecular complexity index is 475. The van der Waals surface area contributed by atoms with Crippen LogP contribution in [0.15, 0.2) is 29.4 Å². The molecular weight excluding hydrogens is 266 g/mol. The molecule has 0 heterocycles. The molecule has 19 heavy (non-hydrogen) atoms. The van der Waals surface area contributed by atoms with Crippen LogP contribution < -0.4 is 10.7 Å². The van der Waals surface area contributed by atoms with Crippen molar-refractivity contribution in [2.45, 2.75) is 19.8 Å². The molecule has 0 aliphatic heterocycles. The topological polar surface area (TPSA) is 70.6 Å². The lowest BCUT2D eigenvalue weighted by atomic mass is 10.2. The Morgan fingerprint density at radius 2 is 2.05 bits per heavy atom. The van der Waals surface area contributed by atoms with Gasteiger partial charge >= 0.3 is 11.8 Å². The van der Waals surface area contributed by atoms with Crippen LogP contribution in [-0.4, -0.2) is 24.6 Å². The molecule has 2 N–H and O–H groups in total. The smallest absolute Gasteiger partial charge is 0.329 e. The van der Waals surface area contributed by atoms with Crippen LogP contribution in [0.5, 0.6) is 0 Å². The molecule has 2 amide bonds. The number of amides is 2. The standard InChI is InChI=1S/C13H16ClN3O2/c1-2-3-8-15-12(18)13(19)17-16-9-10-6-4-5-7-11(10)14/h4-7,9H,2-3,8H2,1H3,(H,15,18)(H,17,19)/b16-9+. The zero-order valence-corrected chi connectivity index (χ0v) is 11.4. The SMILES string of the molecule is CCCCNC(=O)C(=O)N/N=C/c1ccccc1Cl. The second-order valence-corrected chi connectivity index (χ2v) is 4.24. The van der Waals surface area contributed by atoms with E-state index >= 15 is 0 Å². The molecule has 0 aromatic heterocycles. The summed E-state index contributed by atoms with van der Waals surface area (Å²) >= 11 is 5.90. The molecule has 0 saturated heterocycles. The van der Waals surface area contributed by atoms with Crippen LogP contribution in [0.4, 0.5) is 0 Å². The molecule has 0 saturated carbocycles. The normalized spacial score (nSPS) is 10.4. The molecule has 1 aromatic rings. The minimum absolute atomic E-state index is 0.483. The van der Waals surface area contributed by atoms with Crippen LogP contribution in [0.2, 0.25) is 5.02 Å². The molecule has 102 valence electrons. The van der Waals surface area contributed by atoms with E-state index in [9.17, 15) is 9.59 Å². The van der Waals surface area contributed by atoms with Gasteiger partial charge in [-0.2, -0.15) is 5.10 Å². The molecule has 6 heteroatoms. The van der Waals surface area contributed by atoms with Gasteiger partial charge in [-0.25, -0.2) is 5.43 Å². The lowest BCUT2D eigenvalue weighted by Crippen LogP contribution is -2.38. The first-order valence-electron chi connectivity index (χ1n) is 6.01. The molecule has 5 nitrogen and oxygen atoms in total. The fraction of sp³-hybridized carbons (Fsp3) is 0.308. The van der Waals surface area contributed by atoms with Crippen LogP contribution in [0, 0.1) is 0 Å². The van der Waals surface area contributed by atoms with Gasteiger partial charge in [-0.3, -0.25) is 9.59 Å². The fourth-order valence-electron chi connectivity index (χ4n) is 1.25. The lowest BCUT2D eigenvalue weighted by molar-refractivity contribution is -0.139. The monoisotopic (exact) mass is 281 g/mol. The predicted molar refractivity (Wildman–Crippen MR) is 75.1 cm³/mol. The van der Waals surface area contributed by atoms with Gasteiger partial charge in [-0.05, 0) is 12.5 Å². The molecule has 0 spiro atoms. The zero-order valence-electron chi connectivity index (χ0n) is 10.6. The van der Waals surface area contributed by atoms with Gasteiger partial charge in [0.2, 0.25) is 0 Å². The van der Waals surface area contributed by atoms with Gasteiger partial charge in [0.1, 0.15) is 0 Å². The van der Waals surface area contributed by atoms with Gasteiger partial charge in [0.15, 0.2) is 0 Å². The summed E-state index contributed by atoms with van der Waals surface area (Å²) in [5.41, 5.74) is 2.81. The molecule has 0 unspecified atom stereocenters. The number of carbonyl (C=O) groups excluding carboxylic acids is 2. The van der Waals surface area contributed by atoms with Crippen LogP contribution in [-0.2, 0) is 9.59 Å². The molecule has 0 radical (unpaired) electrons. The first kappa shape index (κ1) is 15.2. The number of nitrogens with one attached hydrogen (secondary N) is 2. The third kappa shape index (κ3) is 5.52. The Labute approximate surface area is 117 Å². The second kappa shape index (κ2) is 8.26. The number of nitrogens with zero attached hydrogens (tertiary/aromatic N) is 1. The van der Waals surface area contributed by atoms with Crippen molar-refractivity contribution >= 4 is 29.6 Å². The molecule has 0 bridgehead atoms. The number of unbranched alkanes of at least 4 members (excludes halogenated alkanes) is 1. The van der Waals surface area contributed by atoms with E-state index < -0.39 is 11.8 Å². The van der Waals surface area contributed by atoms with Crippen LogP contribution in [0.3, 0.4) is 0 Å². The van der Waals surface area contributed by atoms with E-state index in [1.165, 1.54) is 6.21 Å². The van der Waals surface area contributed by atoms with Crippen molar-refractivity contribution in [1.29, 1.82) is 0 Å². The van der Waals surface area contributed by atoms with Crippen molar-refractivity contribution in [3.8, 4) is 0 Å². The number of hydrazone groups is 1. The van der Waals surface area contributed by atoms with Crippen molar-refractivity contribution < 1.29 is 9.59 Å². The highest BCUT2D eigenvalue weighted by atomic mass is 35.5. The lowest BCUT2D eigenvalue weighted by Gasteiger charge is -2.02. The average Bonchev–Trinajstić information content (AvgIpc) is 2.41. The van der Waals surface area contributed by atoms with E-state index in [2.05, 4.69) is 15.8 Å². The number of hydrogen-bond acceptors (Lipinski definition) is 3. The van der Waals surface area contributed by atoms with Crippen LogP contribution in [0.1, 0.15) is 25.3 Å². The van der Waals surface area contributed by atoms with Crippen molar-refractivity contribution in [3.05, 3.63) is 34.9 Å². The van der Waals surface area contributed by atoms with Crippen molar-refractivity contribution in [2.24, 2.45) is 5.10 Å². The van der Waals surface area contributed by atoms with E-state index in [4.69, 9.17) is 11.6 Å². The molecule has 0 atom stereocenters. The van der Waals surface area contributed by atoms with Gasteiger partial charge in [-0.1, -0.05) is 43.1 Å². The first-order chi connectivity index (χ1) is 9.15. The highest BCUT2D eigenvalue weighted by molar-refractivity contribution is 6.35. The maximum absolute atomic E-state index is 11.3. The first-order valence-corrected chi connectivity index (χ1v) is 6.38. The number of benzene rings is 1. The van der Waals surface area contributed by atoms with Gasteiger partial charge in [-0.15, -0.1) is 0 Å². The largest absolute Gasteiger partial charge is 0.348 e. The summed E-state index contributed by atoms with van der Waals surface area (Å²) in [6.45, 7) is 2.48. The summed E-state index contributed by atoms with van der Waals surface area (Å²) in [5, 5.41) is 6.70. The number of carbonyl (C=O) groups is 2. The Morgan fingerprint density at radius 1 is 1.32 bits per heavy atom. The average molecular weight is 282 g/mol. The molecule has 1 aromatic carbocycles. The van der Waals surface area contributed by atoms with Gasteiger partial charge in [0.25, 0.3) is 0 Å². The van der Waals surface area contributed by atoms with E-state index in [1.807, 2.05) is 6.92 Å². The highest BCUT2D eigenvalue weighted by Crippen LogP contribution is 2.11. The highest BCUT2D eigenvalue weighted by Gasteiger charge is 2.10. The van der Waals surface area contributed by atoms with Gasteiger partial charge in [0.05, 0.1) is 6.21 Å². The Morgan fingerprint density at radius 3 is 2.74 bits per heavy atom. The maximum Gasteiger partial charge on any atom is 0.329 e. The van der Waals surface area contributed by atoms with Gasteiger partial charge < -0.3 is 5.32 Å². The number of hydrogen-bond donors (Lipinski definition) is 2. The molecule has 0 fully saturated rings. The van der Waals surface area contributed by atoms with Crippen molar-refractivity contribution in [2.75, 3.05) is 6.54 Å². The third-order valence-electron chi connectivity index (χ3n) is 2.30. The van der Waals surface area contributed by atoms with E-state index in [0.29, 0.717) is 17.1 Å². The quantitative estimate of drug-likeness (QED) is 0.373. The summed E-state index contributed by atoms with van der Waals surface area (Å²) in [6, 6.07) is 7.05. The number of rotatable bonds is 5. The molecule has 0 aliphatic carbocycles. The fourth-order valence-corrected chi connectivity index (χ4v) is 1.43. The summed E-state index contributed by atoms with van der Waals surface area (Å²) in [5.74, 6) is -1.48. The van der Waals surface area contributed by atoms with E-state index in [1.54, 1.807) is 24.3 Å². The molecule has 1 rings (SSSR count). The predicted octanol–water partition coefficient (Wildman–Crippen LogP) is 1.71. The summed E-state index contributed by atoms with van der Waals surface area (Å²) < 4.78 is 0. The minimum atomic E-state index is -0.792. The second-order valence-electron chi connectivity index (χ2n) is 3.83. The minimum Gasteiger partial charge on any atom is -0.348 e. The van der Waals surface area contributed by atoms with Crippen molar-refractivity contribution in [3.63, 3.8) is 0 Å². The Hall–Kier alpha value is -1.88. The maximum atomic E-state index is 11.3. The Kier molecular flexibility index (Phi) is 6.60. The summed E-state index contributed by atoms with van der Waals surface area (Å²) in [6.07, 6.45) is 3.17. The molecule has 0 aliphatic rings. The van der Waals surface area contributed by atoms with Crippen molar-refractivity contribution in [1.82, 2.24) is 10.7 Å². The summed E-state index contributed by atoms with van der Waals surface area (Å²) in [4.78, 5) is 22.6. The third-order valence-corrected chi connectivity index (χ3v) is 2.64. The number of halogens is 1. The molecular formula is C13H16ClN3O2. The van der Waals surface area contributed by atoms with E-state index in [-0.39, 0.29) is 0 Å². The van der Waals surface area contributed by atoms with Crippen LogP contribution >= 0.6 is 11.6 Å². The zero-order chi connectivity index (χ0) is 14.1. The van der Waals surface area contributed by atoms with Gasteiger partial charge in [0, 0.05) is 17.1 Å². The Balaban J connectivity index is 2.41. The summed E-state index contributed by atoms with van der Waals surface area (Å²) in [7, 11) is 0.